The minimum Gasteiger partial charge on any atom is -0.492 e. The van der Waals surface area contributed by atoms with Gasteiger partial charge in [0.15, 0.2) is 11.8 Å². The summed E-state index contributed by atoms with van der Waals surface area (Å²) in [6, 6.07) is 11.6. The fourth-order valence-corrected chi connectivity index (χ4v) is 3.57. The number of halogens is 1. The first-order chi connectivity index (χ1) is 14.5. The molecule has 0 aliphatic rings. The Kier molecular flexibility index (Phi) is 8.10. The van der Waals surface area contributed by atoms with Crippen LogP contribution in [0.25, 0.3) is 0 Å². The van der Waals surface area contributed by atoms with E-state index in [1.165, 1.54) is 4.88 Å². The number of hydrogen-bond donors (Lipinski definition) is 1. The number of nitrogens with one attached hydrogen (secondary N) is 1. The lowest BCUT2D eigenvalue weighted by Crippen LogP contribution is -2.41. The number of aromatic nitrogens is 3. The van der Waals surface area contributed by atoms with Crippen LogP contribution in [0.5, 0.6) is 5.75 Å². The van der Waals surface area contributed by atoms with Gasteiger partial charge in [-0.1, -0.05) is 17.7 Å². The zero-order chi connectivity index (χ0) is 21.3. The van der Waals surface area contributed by atoms with E-state index in [4.69, 9.17) is 21.3 Å². The molecule has 0 radical (unpaired) electrons. The lowest BCUT2D eigenvalue weighted by molar-refractivity contribution is 0.281. The molecule has 0 fully saturated rings. The molecule has 0 unspecified atom stereocenters. The summed E-state index contributed by atoms with van der Waals surface area (Å²) in [6.45, 7) is 4.42. The number of hydrogen-bond acceptors (Lipinski definition) is 5. The van der Waals surface area contributed by atoms with E-state index in [2.05, 4.69) is 37.9 Å². The highest BCUT2D eigenvalue weighted by Crippen LogP contribution is 2.15. The molecular formula is C21H27ClN6OS. The summed E-state index contributed by atoms with van der Waals surface area (Å²) >= 11 is 7.69. The van der Waals surface area contributed by atoms with Gasteiger partial charge in [-0.05, 0) is 49.1 Å². The highest BCUT2D eigenvalue weighted by Gasteiger charge is 2.09. The second kappa shape index (κ2) is 11.0. The first-order valence-corrected chi connectivity index (χ1v) is 11.0. The molecule has 0 saturated heterocycles. The van der Waals surface area contributed by atoms with E-state index >= 15 is 0 Å². The number of benzene rings is 1. The molecule has 160 valence electrons. The Labute approximate surface area is 186 Å². The van der Waals surface area contributed by atoms with Crippen molar-refractivity contribution in [2.45, 2.75) is 19.9 Å². The molecule has 0 amide bonds. The third kappa shape index (κ3) is 6.47. The fraction of sp³-hybridized carbons (Fsp3) is 0.381. The predicted octanol–water partition coefficient (Wildman–Crippen LogP) is 3.54. The molecule has 2 aromatic heterocycles. The van der Waals surface area contributed by atoms with Crippen molar-refractivity contribution in [1.82, 2.24) is 25.0 Å². The number of aryl methyl sites for hydroxylation is 1. The third-order valence-electron chi connectivity index (χ3n) is 4.66. The van der Waals surface area contributed by atoms with Crippen LogP contribution in [0.15, 0.2) is 46.8 Å². The third-order valence-corrected chi connectivity index (χ3v) is 5.85. The minimum absolute atomic E-state index is 0.459. The lowest BCUT2D eigenvalue weighted by Gasteiger charge is -2.22. The van der Waals surface area contributed by atoms with Gasteiger partial charge in [-0.2, -0.15) is 0 Å². The highest BCUT2D eigenvalue weighted by molar-refractivity contribution is 7.09. The van der Waals surface area contributed by atoms with Crippen LogP contribution in [0.1, 0.15) is 16.5 Å². The minimum atomic E-state index is 0.459. The first kappa shape index (κ1) is 22.1. The Morgan fingerprint density at radius 3 is 2.73 bits per heavy atom. The van der Waals surface area contributed by atoms with E-state index in [0.29, 0.717) is 24.7 Å². The first-order valence-electron chi connectivity index (χ1n) is 9.78. The fourth-order valence-electron chi connectivity index (χ4n) is 2.74. The van der Waals surface area contributed by atoms with Gasteiger partial charge in [0.25, 0.3) is 0 Å². The van der Waals surface area contributed by atoms with Crippen LogP contribution in [-0.4, -0.2) is 52.4 Å². The summed E-state index contributed by atoms with van der Waals surface area (Å²) in [6.07, 6.45) is 0.953. The second-order valence-corrected chi connectivity index (χ2v) is 8.31. The van der Waals surface area contributed by atoms with E-state index in [-0.39, 0.29) is 0 Å². The Morgan fingerprint density at radius 2 is 2.07 bits per heavy atom. The monoisotopic (exact) mass is 446 g/mol. The van der Waals surface area contributed by atoms with E-state index < -0.39 is 0 Å². The van der Waals surface area contributed by atoms with Crippen LogP contribution < -0.4 is 10.1 Å². The van der Waals surface area contributed by atoms with Gasteiger partial charge in [0.05, 0.1) is 6.54 Å². The number of nitrogens with zero attached hydrogens (tertiary/aromatic N) is 5. The molecule has 0 bridgehead atoms. The molecule has 1 N–H and O–H groups in total. The summed E-state index contributed by atoms with van der Waals surface area (Å²) in [7, 11) is 3.96. The van der Waals surface area contributed by atoms with Gasteiger partial charge < -0.3 is 19.5 Å². The molecule has 7 nitrogen and oxygen atoms in total. The summed E-state index contributed by atoms with van der Waals surface area (Å²) in [5.74, 6) is 3.31. The predicted molar refractivity (Wildman–Crippen MR) is 122 cm³/mol. The largest absolute Gasteiger partial charge is 0.492 e. The van der Waals surface area contributed by atoms with Crippen molar-refractivity contribution in [3.05, 3.63) is 63.3 Å². The molecule has 2 heterocycles. The standard InChI is InChI=1S/C21H27ClN6OS/c1-16-25-26-20(28(16)3)15-24-21(23-11-10-19-5-4-14-30-19)27(2)12-13-29-18-8-6-17(22)7-9-18/h4-9,14H,10-13,15H2,1-3H3,(H,23,24). The number of aliphatic imine (C=N–C) groups is 1. The van der Waals surface area contributed by atoms with Crippen LogP contribution in [0.2, 0.25) is 5.02 Å². The van der Waals surface area contributed by atoms with Crippen molar-refractivity contribution in [2.75, 3.05) is 26.7 Å². The van der Waals surface area contributed by atoms with Crippen LogP contribution in [0.3, 0.4) is 0 Å². The van der Waals surface area contributed by atoms with Gasteiger partial charge in [0.1, 0.15) is 24.7 Å². The van der Waals surface area contributed by atoms with E-state index in [9.17, 15) is 0 Å². The van der Waals surface area contributed by atoms with Gasteiger partial charge in [-0.25, -0.2) is 4.99 Å². The van der Waals surface area contributed by atoms with Crippen molar-refractivity contribution >= 4 is 28.9 Å². The zero-order valence-corrected chi connectivity index (χ0v) is 19.1. The topological polar surface area (TPSA) is 67.6 Å². The molecule has 0 aliphatic carbocycles. The Morgan fingerprint density at radius 1 is 1.27 bits per heavy atom. The van der Waals surface area contributed by atoms with Crippen LogP contribution >= 0.6 is 22.9 Å². The molecule has 0 spiro atoms. The second-order valence-electron chi connectivity index (χ2n) is 6.84. The normalized spacial score (nSPS) is 11.5. The van der Waals surface area contributed by atoms with Crippen molar-refractivity contribution < 1.29 is 4.74 Å². The average Bonchev–Trinajstić information content (AvgIpc) is 3.37. The van der Waals surface area contributed by atoms with Gasteiger partial charge in [-0.3, -0.25) is 0 Å². The van der Waals surface area contributed by atoms with Gasteiger partial charge in [-0.15, -0.1) is 21.5 Å². The van der Waals surface area contributed by atoms with Crippen molar-refractivity contribution in [3.63, 3.8) is 0 Å². The van der Waals surface area contributed by atoms with Gasteiger partial charge in [0, 0.05) is 30.5 Å². The summed E-state index contributed by atoms with van der Waals surface area (Å²) in [4.78, 5) is 8.17. The maximum absolute atomic E-state index is 5.92. The van der Waals surface area contributed by atoms with E-state index in [0.717, 1.165) is 36.3 Å². The molecule has 9 heteroatoms. The SMILES string of the molecule is Cc1nnc(CN=C(NCCc2cccs2)N(C)CCOc2ccc(Cl)cc2)n1C. The molecule has 1 aromatic carbocycles. The van der Waals surface area contributed by atoms with Gasteiger partial charge >= 0.3 is 0 Å². The summed E-state index contributed by atoms with van der Waals surface area (Å²) < 4.78 is 7.78. The van der Waals surface area contributed by atoms with Crippen molar-refractivity contribution in [3.8, 4) is 5.75 Å². The quantitative estimate of drug-likeness (QED) is 0.402. The smallest absolute Gasteiger partial charge is 0.194 e. The number of thiophene rings is 1. The Hall–Kier alpha value is -2.58. The number of ether oxygens (including phenoxy) is 1. The van der Waals surface area contributed by atoms with Crippen molar-refractivity contribution in [1.29, 1.82) is 0 Å². The van der Waals surface area contributed by atoms with E-state index in [1.807, 2.05) is 49.9 Å². The molecular weight excluding hydrogens is 420 g/mol. The van der Waals surface area contributed by atoms with E-state index in [1.54, 1.807) is 11.3 Å². The lowest BCUT2D eigenvalue weighted by atomic mass is 10.3. The Bertz CT molecular complexity index is 939. The zero-order valence-electron chi connectivity index (χ0n) is 17.5. The van der Waals surface area contributed by atoms with Crippen LogP contribution in [0.4, 0.5) is 0 Å². The molecule has 3 rings (SSSR count). The molecule has 30 heavy (non-hydrogen) atoms. The number of rotatable bonds is 9. The summed E-state index contributed by atoms with van der Waals surface area (Å²) in [5.41, 5.74) is 0. The molecule has 0 aliphatic heterocycles. The molecule has 0 saturated carbocycles. The molecule has 0 atom stereocenters. The maximum Gasteiger partial charge on any atom is 0.194 e. The molecule has 3 aromatic rings. The maximum atomic E-state index is 5.92. The van der Waals surface area contributed by atoms with Crippen LogP contribution in [0, 0.1) is 6.92 Å². The van der Waals surface area contributed by atoms with Crippen LogP contribution in [-0.2, 0) is 20.0 Å². The average molecular weight is 447 g/mol. The number of guanidine groups is 1. The highest BCUT2D eigenvalue weighted by atomic mass is 35.5. The Balaban J connectivity index is 1.58. The number of likely N-dealkylation sites (N-methyl/N-ethyl adjacent to an activating group) is 1. The van der Waals surface area contributed by atoms with Gasteiger partial charge in [0.2, 0.25) is 0 Å². The van der Waals surface area contributed by atoms with Crippen molar-refractivity contribution in [2.24, 2.45) is 12.0 Å². The summed E-state index contributed by atoms with van der Waals surface area (Å²) in [5, 5.41) is 14.6.